The largest absolute Gasteiger partial charge is 0.466 e. The fraction of sp³-hybridized carbons (Fsp3) is 0.609. The highest BCUT2D eigenvalue weighted by atomic mass is 16.5. The highest BCUT2D eigenvalue weighted by molar-refractivity contribution is 5.77. The highest BCUT2D eigenvalue weighted by Crippen LogP contribution is 2.54. The van der Waals surface area contributed by atoms with Crippen LogP contribution in [0.2, 0.25) is 0 Å². The number of carbonyl (C=O) groups excluding carboxylic acids is 1. The first-order chi connectivity index (χ1) is 11.7. The van der Waals surface area contributed by atoms with E-state index >= 15 is 0 Å². The van der Waals surface area contributed by atoms with Gasteiger partial charge in [-0.25, -0.2) is 0 Å². The van der Waals surface area contributed by atoms with Crippen molar-refractivity contribution < 1.29 is 9.53 Å². The lowest BCUT2D eigenvalue weighted by Crippen LogP contribution is -2.19. The van der Waals surface area contributed by atoms with Crippen LogP contribution in [0.3, 0.4) is 0 Å². The fourth-order valence-electron chi connectivity index (χ4n) is 3.86. The molecule has 2 aliphatic rings. The highest BCUT2D eigenvalue weighted by Gasteiger charge is 2.53. The van der Waals surface area contributed by atoms with E-state index in [1.165, 1.54) is 36.0 Å². The first-order valence-corrected chi connectivity index (χ1v) is 9.60. The Labute approximate surface area is 153 Å². The molecule has 0 bridgehead atoms. The van der Waals surface area contributed by atoms with E-state index in [1.807, 2.05) is 6.92 Å². The van der Waals surface area contributed by atoms with Crippen LogP contribution in [0.1, 0.15) is 67.2 Å². The summed E-state index contributed by atoms with van der Waals surface area (Å²) in [6.45, 7) is 13.5. The normalized spacial score (nSPS) is 29.5. The third-order valence-corrected chi connectivity index (χ3v) is 5.74. The minimum Gasteiger partial charge on any atom is -0.466 e. The summed E-state index contributed by atoms with van der Waals surface area (Å²) in [5.74, 6) is -0.0269. The Bertz CT molecular complexity index is 630. The Morgan fingerprint density at radius 1 is 1.32 bits per heavy atom. The standard InChI is InChI=1S/C23H34O2/c1-7-25-21(24)20-16-23(20,6)15-8-10-17(2)12-13-19-18(3)11-9-14-22(19,4)5/h8,10,12-13,15,20H,7,9,11,14,16H2,1-6H3/b13-12+,15-8+,17-10+/t20-,23+/m0/s1. The summed E-state index contributed by atoms with van der Waals surface area (Å²) < 4.78 is 5.12. The van der Waals surface area contributed by atoms with Crippen molar-refractivity contribution in [2.24, 2.45) is 16.7 Å². The molecule has 0 heterocycles. The van der Waals surface area contributed by atoms with E-state index < -0.39 is 0 Å². The van der Waals surface area contributed by atoms with Crippen molar-refractivity contribution in [3.05, 3.63) is 47.1 Å². The zero-order chi connectivity index (χ0) is 18.7. The van der Waals surface area contributed by atoms with E-state index in [0.29, 0.717) is 6.61 Å². The molecular weight excluding hydrogens is 308 g/mol. The van der Waals surface area contributed by atoms with Gasteiger partial charge in [0.15, 0.2) is 0 Å². The lowest BCUT2D eigenvalue weighted by Gasteiger charge is -2.32. The van der Waals surface area contributed by atoms with Crippen LogP contribution in [0.4, 0.5) is 0 Å². The molecule has 0 radical (unpaired) electrons. The van der Waals surface area contributed by atoms with E-state index in [1.54, 1.807) is 0 Å². The summed E-state index contributed by atoms with van der Waals surface area (Å²) >= 11 is 0. The molecule has 0 spiro atoms. The molecule has 25 heavy (non-hydrogen) atoms. The van der Waals surface area contributed by atoms with Gasteiger partial charge in [-0.2, -0.15) is 0 Å². The Morgan fingerprint density at radius 3 is 2.68 bits per heavy atom. The second-order valence-electron chi connectivity index (χ2n) is 8.55. The average Bonchev–Trinajstić information content (AvgIpc) is 3.18. The molecule has 2 aliphatic carbocycles. The van der Waals surface area contributed by atoms with Crippen LogP contribution >= 0.6 is 0 Å². The fourth-order valence-corrected chi connectivity index (χ4v) is 3.86. The first kappa shape index (κ1) is 19.8. The van der Waals surface area contributed by atoms with Crippen molar-refractivity contribution in [3.8, 4) is 0 Å². The van der Waals surface area contributed by atoms with Crippen molar-refractivity contribution in [2.45, 2.75) is 67.2 Å². The molecule has 0 aromatic rings. The Hall–Kier alpha value is -1.57. The van der Waals surface area contributed by atoms with Crippen LogP contribution in [0, 0.1) is 16.7 Å². The second-order valence-corrected chi connectivity index (χ2v) is 8.55. The number of hydrogen-bond acceptors (Lipinski definition) is 2. The Balaban J connectivity index is 1.97. The third-order valence-electron chi connectivity index (χ3n) is 5.74. The molecule has 0 N–H and O–H groups in total. The topological polar surface area (TPSA) is 26.3 Å². The molecular formula is C23H34O2. The van der Waals surface area contributed by atoms with Gasteiger partial charge in [0.05, 0.1) is 12.5 Å². The van der Waals surface area contributed by atoms with Gasteiger partial charge in [0, 0.05) is 0 Å². The Kier molecular flexibility index (Phi) is 6.13. The predicted octanol–water partition coefficient (Wildman–Crippen LogP) is 6.16. The van der Waals surface area contributed by atoms with E-state index in [2.05, 4.69) is 65.0 Å². The van der Waals surface area contributed by atoms with Crippen LogP contribution in [0.25, 0.3) is 0 Å². The SMILES string of the molecule is CCOC(=O)[C@@H]1C[C@@]1(C)/C=C/C=C(C)/C=C/C1=C(C)CCCC1(C)C. The summed E-state index contributed by atoms with van der Waals surface area (Å²) in [6, 6.07) is 0. The zero-order valence-corrected chi connectivity index (χ0v) is 16.8. The quantitative estimate of drug-likeness (QED) is 0.427. The molecule has 0 aromatic heterocycles. The molecule has 2 nitrogen and oxygen atoms in total. The molecule has 2 heteroatoms. The van der Waals surface area contributed by atoms with Gasteiger partial charge < -0.3 is 4.74 Å². The van der Waals surface area contributed by atoms with Crippen LogP contribution in [0.5, 0.6) is 0 Å². The number of rotatable bonds is 6. The second kappa shape index (κ2) is 7.76. The van der Waals surface area contributed by atoms with E-state index in [-0.39, 0.29) is 22.7 Å². The van der Waals surface area contributed by atoms with Crippen LogP contribution < -0.4 is 0 Å². The lowest BCUT2D eigenvalue weighted by molar-refractivity contribution is -0.145. The van der Waals surface area contributed by atoms with Gasteiger partial charge in [-0.3, -0.25) is 4.79 Å². The van der Waals surface area contributed by atoms with Crippen LogP contribution in [-0.4, -0.2) is 12.6 Å². The van der Waals surface area contributed by atoms with Crippen molar-refractivity contribution in [1.29, 1.82) is 0 Å². The van der Waals surface area contributed by atoms with Gasteiger partial charge in [0.25, 0.3) is 0 Å². The minimum absolute atomic E-state index is 0.0305. The van der Waals surface area contributed by atoms with E-state index in [0.717, 1.165) is 6.42 Å². The molecule has 138 valence electrons. The predicted molar refractivity (Wildman–Crippen MR) is 105 cm³/mol. The van der Waals surface area contributed by atoms with E-state index in [9.17, 15) is 4.79 Å². The average molecular weight is 343 g/mol. The lowest BCUT2D eigenvalue weighted by atomic mass is 9.72. The Morgan fingerprint density at radius 2 is 2.04 bits per heavy atom. The minimum atomic E-state index is -0.0582. The number of carbonyl (C=O) groups is 1. The summed E-state index contributed by atoms with van der Waals surface area (Å²) in [5.41, 5.74) is 4.50. The first-order valence-electron chi connectivity index (χ1n) is 9.60. The van der Waals surface area contributed by atoms with E-state index in [4.69, 9.17) is 4.74 Å². The van der Waals surface area contributed by atoms with Gasteiger partial charge in [-0.05, 0) is 62.9 Å². The maximum Gasteiger partial charge on any atom is 0.309 e. The van der Waals surface area contributed by atoms with Crippen molar-refractivity contribution >= 4 is 5.97 Å². The number of ether oxygens (including phenoxy) is 1. The summed E-state index contributed by atoms with van der Waals surface area (Å²) in [6.07, 6.45) is 15.6. The molecule has 2 rings (SSSR count). The molecule has 0 aromatic carbocycles. The number of hydrogen-bond donors (Lipinski definition) is 0. The van der Waals surface area contributed by atoms with Crippen LogP contribution in [0.15, 0.2) is 47.1 Å². The van der Waals surface area contributed by atoms with Crippen LogP contribution in [-0.2, 0) is 9.53 Å². The number of esters is 1. The third kappa shape index (κ3) is 4.96. The molecule has 0 aliphatic heterocycles. The summed E-state index contributed by atoms with van der Waals surface area (Å²) in [5, 5.41) is 0. The van der Waals surface area contributed by atoms with Gasteiger partial charge in [0.1, 0.15) is 0 Å². The monoisotopic (exact) mass is 342 g/mol. The maximum atomic E-state index is 11.8. The molecule has 0 unspecified atom stereocenters. The van der Waals surface area contributed by atoms with Crippen molar-refractivity contribution in [1.82, 2.24) is 0 Å². The molecule has 0 amide bonds. The molecule has 2 atom stereocenters. The smallest absolute Gasteiger partial charge is 0.309 e. The van der Waals surface area contributed by atoms with Gasteiger partial charge in [-0.1, -0.05) is 62.3 Å². The van der Waals surface area contributed by atoms with Gasteiger partial charge in [0.2, 0.25) is 0 Å². The van der Waals surface area contributed by atoms with Gasteiger partial charge >= 0.3 is 5.97 Å². The maximum absolute atomic E-state index is 11.8. The molecule has 1 saturated carbocycles. The zero-order valence-electron chi connectivity index (χ0n) is 16.8. The van der Waals surface area contributed by atoms with Gasteiger partial charge in [-0.15, -0.1) is 0 Å². The van der Waals surface area contributed by atoms with Crippen molar-refractivity contribution in [2.75, 3.05) is 6.61 Å². The summed E-state index contributed by atoms with van der Waals surface area (Å²) in [4.78, 5) is 11.8. The molecule has 0 saturated heterocycles. The molecule has 1 fully saturated rings. The summed E-state index contributed by atoms with van der Waals surface area (Å²) in [7, 11) is 0. The number of allylic oxidation sites excluding steroid dienone is 8. The van der Waals surface area contributed by atoms with Crippen molar-refractivity contribution in [3.63, 3.8) is 0 Å².